The summed E-state index contributed by atoms with van der Waals surface area (Å²) in [6.07, 6.45) is -4.19. The van der Waals surface area contributed by atoms with Gasteiger partial charge in [0.25, 0.3) is 5.91 Å². The van der Waals surface area contributed by atoms with Crippen molar-refractivity contribution in [3.63, 3.8) is 0 Å². The van der Waals surface area contributed by atoms with Crippen LogP contribution in [0.15, 0.2) is 114 Å². The number of carbonyl (C=O) groups excluding carboxylic acids is 1. The van der Waals surface area contributed by atoms with Crippen LogP contribution >= 0.6 is 0 Å². The van der Waals surface area contributed by atoms with E-state index in [1.807, 2.05) is 36.4 Å². The molecule has 1 fully saturated rings. The van der Waals surface area contributed by atoms with Crippen molar-refractivity contribution in [3.8, 4) is 11.1 Å². The highest BCUT2D eigenvalue weighted by atomic mass is 32.2. The Labute approximate surface area is 236 Å². The number of amides is 1. The van der Waals surface area contributed by atoms with Gasteiger partial charge in [-0.25, -0.2) is 13.5 Å². The van der Waals surface area contributed by atoms with Gasteiger partial charge in [0.15, 0.2) is 0 Å². The van der Waals surface area contributed by atoms with Gasteiger partial charge in [-0.1, -0.05) is 84.9 Å². The van der Waals surface area contributed by atoms with Crippen LogP contribution in [0, 0.1) is 0 Å². The first-order chi connectivity index (χ1) is 19.6. The number of hydrogen-bond acceptors (Lipinski definition) is 4. The summed E-state index contributed by atoms with van der Waals surface area (Å²) in [5.41, 5.74) is 1.91. The molecule has 1 aliphatic heterocycles. The fourth-order valence-corrected chi connectivity index (χ4v) is 6.29. The zero-order valence-corrected chi connectivity index (χ0v) is 22.7. The summed E-state index contributed by atoms with van der Waals surface area (Å²) in [4.78, 5) is 19.1. The number of rotatable bonds is 9. The number of sulfonamides is 1. The van der Waals surface area contributed by atoms with Crippen molar-refractivity contribution in [1.82, 2.24) is 9.37 Å². The predicted octanol–water partition coefficient (Wildman–Crippen LogP) is 6.30. The first-order valence-electron chi connectivity index (χ1n) is 12.9. The largest absolute Gasteiger partial charge is 0.416 e. The van der Waals surface area contributed by atoms with Crippen LogP contribution in [0.1, 0.15) is 23.1 Å². The lowest BCUT2D eigenvalue weighted by Crippen LogP contribution is -2.44. The predicted molar refractivity (Wildman–Crippen MR) is 147 cm³/mol. The lowest BCUT2D eigenvalue weighted by atomic mass is 10.0. The standard InChI is InChI=1S/C31H27F3N2O4S/c32-31(33,34)27-15-11-25(12-16-27)26-13-17-28(18-14-26)41(38,39)36(21-23-7-3-1-4-8-23)29-19-20-35(30(29)37)40-22-24-9-5-2-6-10-24/h1-18,29H,19-22H2. The summed E-state index contributed by atoms with van der Waals surface area (Å²) >= 11 is 0. The third-order valence-corrected chi connectivity index (χ3v) is 8.77. The van der Waals surface area contributed by atoms with Crippen LogP contribution in [-0.2, 0) is 39.0 Å². The molecule has 10 heteroatoms. The van der Waals surface area contributed by atoms with Crippen molar-refractivity contribution in [2.45, 2.75) is 36.7 Å². The molecule has 4 aromatic rings. The second kappa shape index (κ2) is 11.9. The van der Waals surface area contributed by atoms with Gasteiger partial charge in [-0.05, 0) is 52.9 Å². The summed E-state index contributed by atoms with van der Waals surface area (Å²) in [5.74, 6) is -0.443. The second-order valence-electron chi connectivity index (χ2n) is 9.64. The molecule has 0 aliphatic carbocycles. The topological polar surface area (TPSA) is 66.9 Å². The lowest BCUT2D eigenvalue weighted by Gasteiger charge is -2.27. The summed E-state index contributed by atoms with van der Waals surface area (Å²) < 4.78 is 67.9. The minimum atomic E-state index is -4.45. The number of alkyl halides is 3. The van der Waals surface area contributed by atoms with Crippen LogP contribution in [0.4, 0.5) is 13.2 Å². The van der Waals surface area contributed by atoms with E-state index in [0.29, 0.717) is 16.7 Å². The molecule has 41 heavy (non-hydrogen) atoms. The molecule has 212 valence electrons. The number of nitrogens with zero attached hydrogens (tertiary/aromatic N) is 2. The van der Waals surface area contributed by atoms with Crippen molar-refractivity contribution < 1.29 is 31.2 Å². The third-order valence-electron chi connectivity index (χ3n) is 6.90. The Bertz CT molecular complexity index is 1580. The molecule has 1 amide bonds. The number of hydrogen-bond donors (Lipinski definition) is 0. The van der Waals surface area contributed by atoms with Gasteiger partial charge in [-0.2, -0.15) is 17.5 Å². The van der Waals surface area contributed by atoms with E-state index in [2.05, 4.69) is 0 Å². The van der Waals surface area contributed by atoms with E-state index in [1.165, 1.54) is 33.6 Å². The Kier molecular flexibility index (Phi) is 8.25. The van der Waals surface area contributed by atoms with Crippen LogP contribution in [0.3, 0.4) is 0 Å². The van der Waals surface area contributed by atoms with Crippen molar-refractivity contribution in [2.24, 2.45) is 0 Å². The fourth-order valence-electron chi connectivity index (χ4n) is 4.69. The van der Waals surface area contributed by atoms with Crippen LogP contribution < -0.4 is 0 Å². The fraction of sp³-hybridized carbons (Fsp3) is 0.194. The van der Waals surface area contributed by atoms with E-state index >= 15 is 0 Å². The first kappa shape index (κ1) is 28.5. The SMILES string of the molecule is O=C1C(N(Cc2ccccc2)S(=O)(=O)c2ccc(-c3ccc(C(F)(F)F)cc3)cc2)CCN1OCc1ccccc1. The Morgan fingerprint density at radius 3 is 1.88 bits per heavy atom. The Hall–Kier alpha value is -3.99. The Morgan fingerprint density at radius 1 is 0.780 bits per heavy atom. The molecule has 1 unspecified atom stereocenters. The van der Waals surface area contributed by atoms with Crippen molar-refractivity contribution >= 4 is 15.9 Å². The van der Waals surface area contributed by atoms with E-state index in [9.17, 15) is 26.4 Å². The van der Waals surface area contributed by atoms with Gasteiger partial charge in [0.05, 0.1) is 17.0 Å². The van der Waals surface area contributed by atoms with Crippen molar-refractivity contribution in [1.29, 1.82) is 0 Å². The highest BCUT2D eigenvalue weighted by Gasteiger charge is 2.42. The Balaban J connectivity index is 1.39. The van der Waals surface area contributed by atoms with Crippen molar-refractivity contribution in [2.75, 3.05) is 6.54 Å². The highest BCUT2D eigenvalue weighted by molar-refractivity contribution is 7.89. The monoisotopic (exact) mass is 580 g/mol. The van der Waals surface area contributed by atoms with Crippen LogP contribution in [0.5, 0.6) is 0 Å². The summed E-state index contributed by atoms with van der Waals surface area (Å²) in [7, 11) is -4.15. The molecule has 4 aromatic carbocycles. The number of carbonyl (C=O) groups is 1. The molecule has 0 spiro atoms. The molecule has 5 rings (SSSR count). The first-order valence-corrected chi connectivity index (χ1v) is 14.4. The van der Waals surface area contributed by atoms with Crippen LogP contribution in [0.25, 0.3) is 11.1 Å². The molecule has 6 nitrogen and oxygen atoms in total. The zero-order chi connectivity index (χ0) is 29.0. The summed E-state index contributed by atoms with van der Waals surface area (Å²) in [6.45, 7) is 0.396. The molecular weight excluding hydrogens is 553 g/mol. The molecule has 1 saturated heterocycles. The molecule has 1 atom stereocenters. The Morgan fingerprint density at radius 2 is 1.32 bits per heavy atom. The van der Waals surface area contributed by atoms with E-state index in [1.54, 1.807) is 36.4 Å². The van der Waals surface area contributed by atoms with E-state index in [0.717, 1.165) is 17.7 Å². The van der Waals surface area contributed by atoms with Crippen molar-refractivity contribution in [3.05, 3.63) is 126 Å². The normalized spacial score (nSPS) is 16.0. The number of halogens is 3. The molecule has 0 saturated carbocycles. The number of benzene rings is 4. The summed E-state index contributed by atoms with van der Waals surface area (Å²) in [5, 5.41) is 1.22. The van der Waals surface area contributed by atoms with E-state index in [-0.39, 0.29) is 31.0 Å². The molecule has 0 N–H and O–H groups in total. The van der Waals surface area contributed by atoms with E-state index in [4.69, 9.17) is 4.84 Å². The average Bonchev–Trinajstić information content (AvgIpc) is 3.35. The maximum Gasteiger partial charge on any atom is 0.416 e. The molecule has 1 heterocycles. The quantitative estimate of drug-likeness (QED) is 0.233. The minimum Gasteiger partial charge on any atom is -0.271 e. The lowest BCUT2D eigenvalue weighted by molar-refractivity contribution is -0.184. The maximum atomic E-state index is 13.9. The summed E-state index contributed by atoms with van der Waals surface area (Å²) in [6, 6.07) is 27.9. The van der Waals surface area contributed by atoms with Gasteiger partial charge in [-0.15, -0.1) is 0 Å². The minimum absolute atomic E-state index is 0.0211. The van der Waals surface area contributed by atoms with Crippen LogP contribution in [0.2, 0.25) is 0 Å². The average molecular weight is 581 g/mol. The van der Waals surface area contributed by atoms with Gasteiger partial charge < -0.3 is 0 Å². The van der Waals surface area contributed by atoms with Gasteiger partial charge in [0.2, 0.25) is 10.0 Å². The number of hydroxylamine groups is 2. The third kappa shape index (κ3) is 6.51. The highest BCUT2D eigenvalue weighted by Crippen LogP contribution is 2.32. The molecule has 0 aromatic heterocycles. The molecule has 0 bridgehead atoms. The van der Waals surface area contributed by atoms with Gasteiger partial charge in [0.1, 0.15) is 12.6 Å². The molecule has 1 aliphatic rings. The van der Waals surface area contributed by atoms with Crippen LogP contribution in [-0.4, -0.2) is 36.3 Å². The molecule has 0 radical (unpaired) electrons. The maximum absolute atomic E-state index is 13.9. The smallest absolute Gasteiger partial charge is 0.271 e. The van der Waals surface area contributed by atoms with Gasteiger partial charge in [0, 0.05) is 6.54 Å². The zero-order valence-electron chi connectivity index (χ0n) is 21.9. The van der Waals surface area contributed by atoms with Gasteiger partial charge in [-0.3, -0.25) is 9.63 Å². The van der Waals surface area contributed by atoms with E-state index < -0.39 is 33.7 Å². The second-order valence-corrected chi connectivity index (χ2v) is 11.5. The molecular formula is C31H27F3N2O4S. The van der Waals surface area contributed by atoms with Gasteiger partial charge >= 0.3 is 6.18 Å².